The van der Waals surface area contributed by atoms with Gasteiger partial charge in [0.15, 0.2) is 0 Å². The van der Waals surface area contributed by atoms with Crippen molar-refractivity contribution in [3.05, 3.63) is 0 Å². The van der Waals surface area contributed by atoms with Crippen LogP contribution in [0.1, 0.15) is 39.5 Å². The van der Waals surface area contributed by atoms with E-state index in [0.717, 1.165) is 18.4 Å². The van der Waals surface area contributed by atoms with Gasteiger partial charge in [0.2, 0.25) is 0 Å². The van der Waals surface area contributed by atoms with Crippen LogP contribution in [0.15, 0.2) is 0 Å². The van der Waals surface area contributed by atoms with E-state index in [1.807, 2.05) is 0 Å². The van der Waals surface area contributed by atoms with Crippen molar-refractivity contribution in [3.8, 4) is 0 Å². The van der Waals surface area contributed by atoms with Gasteiger partial charge in [-0.15, -0.1) is 0 Å². The number of hydrogen-bond acceptors (Lipinski definition) is 2. The van der Waals surface area contributed by atoms with Crippen molar-refractivity contribution in [2.24, 2.45) is 11.8 Å². The lowest BCUT2D eigenvalue weighted by molar-refractivity contribution is 0.0127. The quantitative estimate of drug-likeness (QED) is 0.746. The van der Waals surface area contributed by atoms with Crippen LogP contribution in [-0.4, -0.2) is 25.3 Å². The van der Waals surface area contributed by atoms with E-state index in [1.165, 1.54) is 32.2 Å². The van der Waals surface area contributed by atoms with Gasteiger partial charge >= 0.3 is 0 Å². The molecule has 82 valence electrons. The maximum absolute atomic E-state index is 5.53. The summed E-state index contributed by atoms with van der Waals surface area (Å²) in [5.41, 5.74) is 0. The maximum Gasteiger partial charge on any atom is 0.0561 e. The third-order valence-corrected chi connectivity index (χ3v) is 3.64. The highest BCUT2D eigenvalue weighted by molar-refractivity contribution is 4.82. The summed E-state index contributed by atoms with van der Waals surface area (Å²) >= 11 is 0. The van der Waals surface area contributed by atoms with Crippen molar-refractivity contribution < 1.29 is 4.74 Å². The molecule has 0 aromatic carbocycles. The third-order valence-electron chi connectivity index (χ3n) is 3.64. The largest absolute Gasteiger partial charge is 0.378 e. The summed E-state index contributed by atoms with van der Waals surface area (Å²) in [6.45, 7) is 6.71. The van der Waals surface area contributed by atoms with Crippen molar-refractivity contribution >= 4 is 0 Å². The molecular formula is C12H23NO. The Morgan fingerprint density at radius 2 is 2.14 bits per heavy atom. The molecule has 14 heavy (non-hydrogen) atoms. The van der Waals surface area contributed by atoms with E-state index in [9.17, 15) is 0 Å². The third kappa shape index (κ3) is 2.96. The van der Waals surface area contributed by atoms with Gasteiger partial charge in [0.1, 0.15) is 0 Å². The molecule has 0 amide bonds. The topological polar surface area (TPSA) is 21.3 Å². The van der Waals surface area contributed by atoms with Crippen LogP contribution in [0.4, 0.5) is 0 Å². The van der Waals surface area contributed by atoms with Crippen molar-refractivity contribution in [2.45, 2.75) is 51.7 Å². The van der Waals surface area contributed by atoms with Gasteiger partial charge in [0, 0.05) is 12.6 Å². The highest BCUT2D eigenvalue weighted by Gasteiger charge is 2.28. The fourth-order valence-electron chi connectivity index (χ4n) is 2.37. The maximum atomic E-state index is 5.53. The molecule has 2 heteroatoms. The Kier molecular flexibility index (Phi) is 3.45. The molecule has 1 N–H and O–H groups in total. The number of hydrogen-bond donors (Lipinski definition) is 1. The molecule has 1 aliphatic heterocycles. The number of rotatable bonds is 4. The summed E-state index contributed by atoms with van der Waals surface area (Å²) < 4.78 is 5.53. The molecule has 1 heterocycles. The van der Waals surface area contributed by atoms with Crippen LogP contribution in [0.2, 0.25) is 0 Å². The first-order valence-corrected chi connectivity index (χ1v) is 6.10. The predicted molar refractivity (Wildman–Crippen MR) is 58.3 cm³/mol. The molecule has 1 aliphatic carbocycles. The Hall–Kier alpha value is -0.0800. The van der Waals surface area contributed by atoms with Gasteiger partial charge in [-0.2, -0.15) is 0 Å². The summed E-state index contributed by atoms with van der Waals surface area (Å²) in [5, 5.41) is 3.69. The van der Waals surface area contributed by atoms with Crippen molar-refractivity contribution in [1.29, 1.82) is 0 Å². The summed E-state index contributed by atoms with van der Waals surface area (Å²) in [4.78, 5) is 0. The summed E-state index contributed by atoms with van der Waals surface area (Å²) in [6.07, 6.45) is 5.77. The predicted octanol–water partition coefficient (Wildman–Crippen LogP) is 2.19. The van der Waals surface area contributed by atoms with E-state index in [-0.39, 0.29) is 0 Å². The van der Waals surface area contributed by atoms with Crippen LogP contribution in [0.25, 0.3) is 0 Å². The van der Waals surface area contributed by atoms with Gasteiger partial charge in [0.25, 0.3) is 0 Å². The Labute approximate surface area is 87.4 Å². The molecule has 0 radical (unpaired) electrons. The molecule has 2 aliphatic rings. The zero-order valence-electron chi connectivity index (χ0n) is 9.46. The SMILES string of the molecule is CC1CC(NCC(C)C2CC2)CCO1. The van der Waals surface area contributed by atoms with Crippen molar-refractivity contribution in [2.75, 3.05) is 13.2 Å². The molecule has 0 bridgehead atoms. The number of ether oxygens (including phenoxy) is 1. The first kappa shape index (κ1) is 10.4. The van der Waals surface area contributed by atoms with Crippen LogP contribution in [-0.2, 0) is 4.74 Å². The molecule has 0 aromatic rings. The van der Waals surface area contributed by atoms with Gasteiger partial charge in [-0.05, 0) is 51.0 Å². The second kappa shape index (κ2) is 4.63. The molecule has 0 spiro atoms. The van der Waals surface area contributed by atoms with Crippen LogP contribution >= 0.6 is 0 Å². The normalized spacial score (nSPS) is 35.6. The van der Waals surface area contributed by atoms with Gasteiger partial charge in [-0.3, -0.25) is 0 Å². The standard InChI is InChI=1S/C12H23NO/c1-9(11-3-4-11)8-13-12-5-6-14-10(2)7-12/h9-13H,3-8H2,1-2H3. The van der Waals surface area contributed by atoms with E-state index in [4.69, 9.17) is 4.74 Å². The Balaban J connectivity index is 1.63. The lowest BCUT2D eigenvalue weighted by Gasteiger charge is -2.29. The van der Waals surface area contributed by atoms with Crippen molar-refractivity contribution in [1.82, 2.24) is 5.32 Å². The van der Waals surface area contributed by atoms with Gasteiger partial charge in [0.05, 0.1) is 6.10 Å². The minimum Gasteiger partial charge on any atom is -0.378 e. The van der Waals surface area contributed by atoms with Crippen LogP contribution in [0.3, 0.4) is 0 Å². The molecule has 1 saturated heterocycles. The molecular weight excluding hydrogens is 174 g/mol. The fraction of sp³-hybridized carbons (Fsp3) is 1.00. The monoisotopic (exact) mass is 197 g/mol. The number of nitrogens with one attached hydrogen (secondary N) is 1. The Morgan fingerprint density at radius 3 is 2.79 bits per heavy atom. The van der Waals surface area contributed by atoms with E-state index < -0.39 is 0 Å². The van der Waals surface area contributed by atoms with Crippen LogP contribution in [0, 0.1) is 11.8 Å². The summed E-state index contributed by atoms with van der Waals surface area (Å²) in [7, 11) is 0. The lowest BCUT2D eigenvalue weighted by Crippen LogP contribution is -2.40. The molecule has 0 aromatic heterocycles. The first-order valence-electron chi connectivity index (χ1n) is 6.10. The van der Waals surface area contributed by atoms with Gasteiger partial charge < -0.3 is 10.1 Å². The molecule has 3 atom stereocenters. The smallest absolute Gasteiger partial charge is 0.0561 e. The minimum absolute atomic E-state index is 0.456. The van der Waals surface area contributed by atoms with Gasteiger partial charge in [-0.25, -0.2) is 0 Å². The van der Waals surface area contributed by atoms with E-state index >= 15 is 0 Å². The first-order chi connectivity index (χ1) is 6.75. The summed E-state index contributed by atoms with van der Waals surface area (Å²) in [6, 6.07) is 0.708. The zero-order chi connectivity index (χ0) is 9.97. The average Bonchev–Trinajstić information content (AvgIpc) is 2.97. The van der Waals surface area contributed by atoms with Gasteiger partial charge in [-0.1, -0.05) is 6.92 Å². The van der Waals surface area contributed by atoms with Crippen molar-refractivity contribution in [3.63, 3.8) is 0 Å². The minimum atomic E-state index is 0.456. The molecule has 2 fully saturated rings. The zero-order valence-corrected chi connectivity index (χ0v) is 9.46. The Morgan fingerprint density at radius 1 is 1.36 bits per heavy atom. The average molecular weight is 197 g/mol. The second-order valence-corrected chi connectivity index (χ2v) is 5.13. The van der Waals surface area contributed by atoms with Crippen LogP contribution in [0.5, 0.6) is 0 Å². The molecule has 2 nitrogen and oxygen atoms in total. The molecule has 2 rings (SSSR count). The lowest BCUT2D eigenvalue weighted by atomic mass is 10.0. The van der Waals surface area contributed by atoms with E-state index in [2.05, 4.69) is 19.2 Å². The summed E-state index contributed by atoms with van der Waals surface area (Å²) in [5.74, 6) is 1.91. The van der Waals surface area contributed by atoms with Crippen LogP contribution < -0.4 is 5.32 Å². The Bertz CT molecular complexity index is 179. The van der Waals surface area contributed by atoms with E-state index in [0.29, 0.717) is 12.1 Å². The molecule has 1 saturated carbocycles. The second-order valence-electron chi connectivity index (χ2n) is 5.13. The fourth-order valence-corrected chi connectivity index (χ4v) is 2.37. The molecule has 3 unspecified atom stereocenters. The highest BCUT2D eigenvalue weighted by Crippen LogP contribution is 2.36. The highest BCUT2D eigenvalue weighted by atomic mass is 16.5. The van der Waals surface area contributed by atoms with E-state index in [1.54, 1.807) is 0 Å².